The zero-order chi connectivity index (χ0) is 20.6. The topological polar surface area (TPSA) is 135 Å². The van der Waals surface area contributed by atoms with Crippen molar-refractivity contribution in [3.63, 3.8) is 0 Å². The van der Waals surface area contributed by atoms with Gasteiger partial charge in [-0.15, -0.1) is 0 Å². The molecule has 1 unspecified atom stereocenters. The highest BCUT2D eigenvalue weighted by molar-refractivity contribution is 7.89. The Morgan fingerprint density at radius 1 is 1.10 bits per heavy atom. The Hall–Kier alpha value is -3.63. The summed E-state index contributed by atoms with van der Waals surface area (Å²) in [5, 5.41) is 7.86. The second-order valence-electron chi connectivity index (χ2n) is 6.29. The summed E-state index contributed by atoms with van der Waals surface area (Å²) in [4.78, 5) is 35.3. The Morgan fingerprint density at radius 2 is 1.86 bits per heavy atom. The van der Waals surface area contributed by atoms with Crippen molar-refractivity contribution in [2.75, 3.05) is 10.2 Å². The number of benzene rings is 2. The maximum absolute atomic E-state index is 13.3. The molecule has 2 heterocycles. The predicted octanol–water partition coefficient (Wildman–Crippen LogP) is 1.46. The first-order valence-electron chi connectivity index (χ1n) is 8.48. The van der Waals surface area contributed by atoms with Crippen molar-refractivity contribution in [2.45, 2.75) is 10.9 Å². The number of carbonyl (C=O) groups is 2. The fraction of sp³-hybridized carbons (Fsp3) is 0.0526. The lowest BCUT2D eigenvalue weighted by molar-refractivity contribution is -0.117. The molecule has 9 nitrogen and oxygen atoms in total. The normalized spacial score (nSPS) is 16.1. The summed E-state index contributed by atoms with van der Waals surface area (Å²) in [5.41, 5.74) is 1.11. The molecule has 2 aromatic carbocycles. The number of hydrogen-bond donors (Lipinski definition) is 2. The van der Waals surface area contributed by atoms with E-state index in [0.29, 0.717) is 11.3 Å². The first kappa shape index (κ1) is 18.7. The maximum atomic E-state index is 13.3. The number of carbonyl (C=O) groups excluding carboxylic acids is 2. The Labute approximate surface area is 166 Å². The van der Waals surface area contributed by atoms with Gasteiger partial charge >= 0.3 is 0 Å². The van der Waals surface area contributed by atoms with Crippen LogP contribution in [0.4, 0.5) is 11.4 Å². The fourth-order valence-electron chi connectivity index (χ4n) is 3.16. The Morgan fingerprint density at radius 3 is 2.52 bits per heavy atom. The number of primary sulfonamides is 1. The van der Waals surface area contributed by atoms with Gasteiger partial charge in [-0.2, -0.15) is 0 Å². The number of aromatic nitrogens is 2. The van der Waals surface area contributed by atoms with Gasteiger partial charge in [0.15, 0.2) is 0 Å². The van der Waals surface area contributed by atoms with Crippen LogP contribution in [0.1, 0.15) is 22.1 Å². The molecule has 0 saturated carbocycles. The van der Waals surface area contributed by atoms with Crippen LogP contribution in [0.5, 0.6) is 0 Å². The molecule has 2 amide bonds. The third-order valence-corrected chi connectivity index (χ3v) is 5.35. The molecule has 146 valence electrons. The average Bonchev–Trinajstić information content (AvgIpc) is 2.72. The molecule has 4 rings (SSSR count). The third-order valence-electron chi connectivity index (χ3n) is 4.44. The Bertz CT molecular complexity index is 1200. The number of fused-ring (bicyclic) bond motifs is 1. The lowest BCUT2D eigenvalue weighted by Crippen LogP contribution is -2.45. The van der Waals surface area contributed by atoms with E-state index in [0.717, 1.165) is 0 Å². The monoisotopic (exact) mass is 409 g/mol. The SMILES string of the molecule is NS(=O)(=O)c1ccc2c(c1)NC(=O)C(c1ccccc1)N2C(=O)c1cnccn1. The van der Waals surface area contributed by atoms with E-state index < -0.39 is 27.9 Å². The van der Waals surface area contributed by atoms with E-state index in [2.05, 4.69) is 15.3 Å². The van der Waals surface area contributed by atoms with E-state index in [9.17, 15) is 18.0 Å². The number of nitrogens with two attached hydrogens (primary N) is 1. The molecule has 0 saturated heterocycles. The van der Waals surface area contributed by atoms with Crippen molar-refractivity contribution in [3.8, 4) is 0 Å². The molecule has 29 heavy (non-hydrogen) atoms. The van der Waals surface area contributed by atoms with Crippen molar-refractivity contribution < 1.29 is 18.0 Å². The molecule has 3 N–H and O–H groups in total. The van der Waals surface area contributed by atoms with E-state index in [1.54, 1.807) is 30.3 Å². The summed E-state index contributed by atoms with van der Waals surface area (Å²) in [7, 11) is -3.99. The van der Waals surface area contributed by atoms with Crippen molar-refractivity contribution in [2.24, 2.45) is 5.14 Å². The van der Waals surface area contributed by atoms with Gasteiger partial charge in [0.05, 0.1) is 22.5 Å². The van der Waals surface area contributed by atoms with Gasteiger partial charge in [0.25, 0.3) is 11.8 Å². The lowest BCUT2D eigenvalue weighted by atomic mass is 9.99. The number of hydrogen-bond acceptors (Lipinski definition) is 6. The van der Waals surface area contributed by atoms with Crippen molar-refractivity contribution in [1.82, 2.24) is 9.97 Å². The minimum absolute atomic E-state index is 0.0459. The summed E-state index contributed by atoms with van der Waals surface area (Å²) < 4.78 is 23.4. The second-order valence-corrected chi connectivity index (χ2v) is 7.85. The van der Waals surface area contributed by atoms with Crippen LogP contribution in [0.25, 0.3) is 0 Å². The van der Waals surface area contributed by atoms with Crippen LogP contribution in [0.15, 0.2) is 72.0 Å². The molecule has 0 fully saturated rings. The molecule has 10 heteroatoms. The lowest BCUT2D eigenvalue weighted by Gasteiger charge is -2.36. The highest BCUT2D eigenvalue weighted by atomic mass is 32.2. The van der Waals surface area contributed by atoms with Gasteiger partial charge < -0.3 is 5.32 Å². The zero-order valence-corrected chi connectivity index (χ0v) is 15.7. The van der Waals surface area contributed by atoms with Crippen LogP contribution in [-0.2, 0) is 14.8 Å². The van der Waals surface area contributed by atoms with Crippen LogP contribution in [-0.4, -0.2) is 30.2 Å². The van der Waals surface area contributed by atoms with E-state index in [4.69, 9.17) is 5.14 Å². The summed E-state index contributed by atoms with van der Waals surface area (Å²) in [6, 6.07) is 11.7. The molecular formula is C19H15N5O4S. The highest BCUT2D eigenvalue weighted by Crippen LogP contribution is 2.40. The van der Waals surface area contributed by atoms with Gasteiger partial charge in [-0.05, 0) is 23.8 Å². The standard InChI is InChI=1S/C19H15N5O4S/c20-29(27,28)13-6-7-16-14(10-13)23-18(25)17(12-4-2-1-3-5-12)24(16)19(26)15-11-21-8-9-22-15/h1-11,17H,(H,23,25)(H2,20,27,28). The van der Waals surface area contributed by atoms with Crippen LogP contribution < -0.4 is 15.4 Å². The van der Waals surface area contributed by atoms with Crippen molar-refractivity contribution in [1.29, 1.82) is 0 Å². The molecule has 3 aromatic rings. The highest BCUT2D eigenvalue weighted by Gasteiger charge is 2.39. The fourth-order valence-corrected chi connectivity index (χ4v) is 3.69. The van der Waals surface area contributed by atoms with Gasteiger partial charge in [-0.25, -0.2) is 18.5 Å². The van der Waals surface area contributed by atoms with Gasteiger partial charge in [-0.3, -0.25) is 19.5 Å². The summed E-state index contributed by atoms with van der Waals surface area (Å²) in [6.45, 7) is 0. The smallest absolute Gasteiger partial charge is 0.279 e. The predicted molar refractivity (Wildman–Crippen MR) is 104 cm³/mol. The Kier molecular flexibility index (Phi) is 4.57. The molecule has 0 spiro atoms. The quantitative estimate of drug-likeness (QED) is 0.672. The third kappa shape index (κ3) is 3.46. The molecule has 0 aliphatic carbocycles. The summed E-state index contributed by atoms with van der Waals surface area (Å²) in [5.74, 6) is -1.04. The molecule has 1 aliphatic rings. The zero-order valence-electron chi connectivity index (χ0n) is 14.9. The minimum atomic E-state index is -3.99. The number of sulfonamides is 1. The van der Waals surface area contributed by atoms with E-state index in [1.807, 2.05) is 0 Å². The Balaban J connectivity index is 1.90. The maximum Gasteiger partial charge on any atom is 0.279 e. The van der Waals surface area contributed by atoms with Gasteiger partial charge in [0.2, 0.25) is 10.0 Å². The van der Waals surface area contributed by atoms with E-state index in [1.165, 1.54) is 41.7 Å². The molecule has 0 radical (unpaired) electrons. The molecule has 1 aliphatic heterocycles. The van der Waals surface area contributed by atoms with E-state index in [-0.39, 0.29) is 16.3 Å². The van der Waals surface area contributed by atoms with Gasteiger partial charge in [-0.1, -0.05) is 30.3 Å². The largest absolute Gasteiger partial charge is 0.322 e. The number of amides is 2. The summed E-state index contributed by atoms with van der Waals surface area (Å²) >= 11 is 0. The first-order valence-corrected chi connectivity index (χ1v) is 10.0. The molecule has 1 atom stereocenters. The van der Waals surface area contributed by atoms with Crippen LogP contribution in [0.3, 0.4) is 0 Å². The van der Waals surface area contributed by atoms with Crippen LogP contribution in [0.2, 0.25) is 0 Å². The number of nitrogens with one attached hydrogen (secondary N) is 1. The molecular weight excluding hydrogens is 394 g/mol. The first-order chi connectivity index (χ1) is 13.9. The number of nitrogens with zero attached hydrogens (tertiary/aromatic N) is 3. The van der Waals surface area contributed by atoms with Crippen LogP contribution >= 0.6 is 0 Å². The number of rotatable bonds is 3. The minimum Gasteiger partial charge on any atom is -0.322 e. The molecule has 0 bridgehead atoms. The van der Waals surface area contributed by atoms with E-state index >= 15 is 0 Å². The van der Waals surface area contributed by atoms with Gasteiger partial charge in [0.1, 0.15) is 11.7 Å². The van der Waals surface area contributed by atoms with Crippen molar-refractivity contribution in [3.05, 3.63) is 78.4 Å². The molecule has 1 aromatic heterocycles. The van der Waals surface area contributed by atoms with Crippen molar-refractivity contribution >= 4 is 33.2 Å². The second kappa shape index (κ2) is 7.08. The average molecular weight is 409 g/mol. The van der Waals surface area contributed by atoms with Crippen LogP contribution in [0, 0.1) is 0 Å². The summed E-state index contributed by atoms with van der Waals surface area (Å²) in [6.07, 6.45) is 4.11. The number of anilines is 2. The van der Waals surface area contributed by atoms with Gasteiger partial charge in [0, 0.05) is 12.4 Å².